The Bertz CT molecular complexity index is 1120. The standard InChI is InChI=1S/C23H22F2N2O4S/c1-12(2)31-22(28)20-13(3)27(15-5-7-18-19(11-15)30-9-8-29-18)23(32)26-21(20)14-4-6-16(24)17(25)10-14/h4-7,10-12,21H,8-9H2,1-3H3,(H,26,32). The molecule has 1 unspecified atom stereocenters. The van der Waals surface area contributed by atoms with Gasteiger partial charge in [0, 0.05) is 11.8 Å². The van der Waals surface area contributed by atoms with Crippen molar-refractivity contribution in [1.82, 2.24) is 5.32 Å². The maximum Gasteiger partial charge on any atom is 0.338 e. The van der Waals surface area contributed by atoms with Gasteiger partial charge in [0.05, 0.1) is 23.4 Å². The van der Waals surface area contributed by atoms with E-state index >= 15 is 0 Å². The molecule has 0 radical (unpaired) electrons. The monoisotopic (exact) mass is 460 g/mol. The van der Waals surface area contributed by atoms with Crippen molar-refractivity contribution in [2.24, 2.45) is 0 Å². The predicted octanol–water partition coefficient (Wildman–Crippen LogP) is 4.40. The minimum atomic E-state index is -1.02. The van der Waals surface area contributed by atoms with Gasteiger partial charge in [-0.05, 0) is 62.8 Å². The van der Waals surface area contributed by atoms with Gasteiger partial charge in [-0.15, -0.1) is 0 Å². The molecule has 2 aromatic rings. The predicted molar refractivity (Wildman–Crippen MR) is 119 cm³/mol. The maximum absolute atomic E-state index is 14.0. The van der Waals surface area contributed by atoms with Crippen molar-refractivity contribution in [2.75, 3.05) is 18.1 Å². The Balaban J connectivity index is 1.81. The second kappa shape index (κ2) is 8.74. The van der Waals surface area contributed by atoms with Crippen LogP contribution in [-0.2, 0) is 9.53 Å². The van der Waals surface area contributed by atoms with E-state index < -0.39 is 23.6 Å². The van der Waals surface area contributed by atoms with Crippen LogP contribution in [0.4, 0.5) is 14.5 Å². The second-order valence-electron chi connectivity index (χ2n) is 7.67. The highest BCUT2D eigenvalue weighted by Gasteiger charge is 2.36. The van der Waals surface area contributed by atoms with E-state index in [1.54, 1.807) is 43.9 Å². The summed E-state index contributed by atoms with van der Waals surface area (Å²) in [6.45, 7) is 6.10. The van der Waals surface area contributed by atoms with Gasteiger partial charge < -0.3 is 19.5 Å². The molecule has 0 amide bonds. The van der Waals surface area contributed by atoms with E-state index in [0.717, 1.165) is 12.1 Å². The number of hydrogen-bond donors (Lipinski definition) is 1. The SMILES string of the molecule is CC1=C(C(=O)OC(C)C)C(c2ccc(F)c(F)c2)NC(=S)N1c1ccc2c(c1)OCCO2. The Morgan fingerprint density at radius 2 is 1.84 bits per heavy atom. The van der Waals surface area contributed by atoms with Crippen molar-refractivity contribution in [1.29, 1.82) is 0 Å². The first-order valence-electron chi connectivity index (χ1n) is 10.1. The average Bonchev–Trinajstić information content (AvgIpc) is 2.74. The summed E-state index contributed by atoms with van der Waals surface area (Å²) in [7, 11) is 0. The zero-order chi connectivity index (χ0) is 23.0. The molecule has 2 aliphatic heterocycles. The minimum Gasteiger partial charge on any atom is -0.486 e. The lowest BCUT2D eigenvalue weighted by molar-refractivity contribution is -0.143. The molecule has 6 nitrogen and oxygen atoms in total. The minimum absolute atomic E-state index is 0.244. The molecule has 2 aliphatic rings. The van der Waals surface area contributed by atoms with E-state index in [1.165, 1.54) is 6.07 Å². The average molecular weight is 461 g/mol. The molecule has 4 rings (SSSR count). The van der Waals surface area contributed by atoms with Gasteiger partial charge in [-0.2, -0.15) is 0 Å². The van der Waals surface area contributed by atoms with E-state index in [2.05, 4.69) is 5.32 Å². The van der Waals surface area contributed by atoms with Crippen molar-refractivity contribution in [2.45, 2.75) is 32.9 Å². The summed E-state index contributed by atoms with van der Waals surface area (Å²) < 4.78 is 44.2. The van der Waals surface area contributed by atoms with Gasteiger partial charge >= 0.3 is 5.97 Å². The summed E-state index contributed by atoms with van der Waals surface area (Å²) in [4.78, 5) is 14.7. The molecule has 0 aromatic heterocycles. The lowest BCUT2D eigenvalue weighted by atomic mass is 9.94. The Hall–Kier alpha value is -3.20. The van der Waals surface area contributed by atoms with Crippen LogP contribution in [0.25, 0.3) is 0 Å². The van der Waals surface area contributed by atoms with Crippen LogP contribution in [0.15, 0.2) is 47.7 Å². The summed E-state index contributed by atoms with van der Waals surface area (Å²) in [6, 6.07) is 8.01. The van der Waals surface area contributed by atoms with Crippen molar-refractivity contribution in [3.63, 3.8) is 0 Å². The number of rotatable bonds is 4. The van der Waals surface area contributed by atoms with Crippen LogP contribution < -0.4 is 19.7 Å². The number of esters is 1. The molecule has 32 heavy (non-hydrogen) atoms. The van der Waals surface area contributed by atoms with Crippen molar-refractivity contribution in [3.05, 3.63) is 64.9 Å². The number of benzene rings is 2. The van der Waals surface area contributed by atoms with Crippen molar-refractivity contribution in [3.8, 4) is 11.5 Å². The molecule has 1 N–H and O–H groups in total. The van der Waals surface area contributed by atoms with Gasteiger partial charge in [0.1, 0.15) is 13.2 Å². The van der Waals surface area contributed by atoms with Crippen LogP contribution in [0.5, 0.6) is 11.5 Å². The van der Waals surface area contributed by atoms with Gasteiger partial charge in [-0.3, -0.25) is 4.90 Å². The van der Waals surface area contributed by atoms with Crippen LogP contribution in [0.1, 0.15) is 32.4 Å². The molecular formula is C23H22F2N2O4S. The summed E-state index contributed by atoms with van der Waals surface area (Å²) in [6.07, 6.45) is -0.370. The fourth-order valence-corrected chi connectivity index (χ4v) is 4.07. The molecule has 0 spiro atoms. The zero-order valence-electron chi connectivity index (χ0n) is 17.8. The van der Waals surface area contributed by atoms with Crippen molar-refractivity contribution < 1.29 is 27.8 Å². The lowest BCUT2D eigenvalue weighted by Gasteiger charge is -2.38. The number of carbonyl (C=O) groups is 1. The third kappa shape index (κ3) is 4.12. The molecule has 0 aliphatic carbocycles. The molecular weight excluding hydrogens is 438 g/mol. The van der Waals surface area contributed by atoms with Gasteiger partial charge in [-0.25, -0.2) is 13.6 Å². The molecule has 0 bridgehead atoms. The van der Waals surface area contributed by atoms with Gasteiger partial charge in [0.2, 0.25) is 0 Å². The Morgan fingerprint density at radius 3 is 2.53 bits per heavy atom. The highest BCUT2D eigenvalue weighted by molar-refractivity contribution is 7.80. The van der Waals surface area contributed by atoms with Crippen LogP contribution >= 0.6 is 12.2 Å². The van der Waals surface area contributed by atoms with Gasteiger partial charge in [0.15, 0.2) is 28.2 Å². The summed E-state index contributed by atoms with van der Waals surface area (Å²) in [5.74, 6) is -1.38. The van der Waals surface area contributed by atoms with E-state index in [0.29, 0.717) is 41.7 Å². The zero-order valence-corrected chi connectivity index (χ0v) is 18.6. The first-order chi connectivity index (χ1) is 15.3. The number of ether oxygens (including phenoxy) is 3. The summed E-state index contributed by atoms with van der Waals surface area (Å²) in [5.41, 5.74) is 1.75. The third-order valence-corrected chi connectivity index (χ3v) is 5.41. The Kier molecular flexibility index (Phi) is 6.01. The fraction of sp³-hybridized carbons (Fsp3) is 0.304. The Morgan fingerprint density at radius 1 is 1.12 bits per heavy atom. The largest absolute Gasteiger partial charge is 0.486 e. The first kappa shape index (κ1) is 22.0. The molecule has 0 fully saturated rings. The molecule has 1 atom stereocenters. The quantitative estimate of drug-likeness (QED) is 0.536. The molecule has 9 heteroatoms. The highest BCUT2D eigenvalue weighted by atomic mass is 32.1. The number of thiocarbonyl (C=S) groups is 1. The van der Waals surface area contributed by atoms with Gasteiger partial charge in [-0.1, -0.05) is 6.07 Å². The molecule has 0 saturated carbocycles. The third-order valence-electron chi connectivity index (χ3n) is 5.11. The first-order valence-corrected chi connectivity index (χ1v) is 10.5. The number of fused-ring (bicyclic) bond motifs is 1. The highest BCUT2D eigenvalue weighted by Crippen LogP contribution is 2.39. The van der Waals surface area contributed by atoms with E-state index in [1.807, 2.05) is 0 Å². The molecule has 2 aromatic carbocycles. The second-order valence-corrected chi connectivity index (χ2v) is 8.06. The number of hydrogen-bond acceptors (Lipinski definition) is 5. The number of anilines is 1. The number of carbonyl (C=O) groups excluding carboxylic acids is 1. The molecule has 168 valence electrons. The van der Waals surface area contributed by atoms with E-state index in [4.69, 9.17) is 26.4 Å². The van der Waals surface area contributed by atoms with E-state index in [9.17, 15) is 13.6 Å². The van der Waals surface area contributed by atoms with Crippen LogP contribution in [0, 0.1) is 11.6 Å². The van der Waals surface area contributed by atoms with Crippen LogP contribution in [0.2, 0.25) is 0 Å². The maximum atomic E-state index is 14.0. The number of halogens is 2. The van der Waals surface area contributed by atoms with Crippen LogP contribution in [0.3, 0.4) is 0 Å². The molecule has 0 saturated heterocycles. The topological polar surface area (TPSA) is 60.0 Å². The summed E-state index contributed by atoms with van der Waals surface area (Å²) in [5, 5.41) is 3.37. The van der Waals surface area contributed by atoms with Gasteiger partial charge in [0.25, 0.3) is 0 Å². The summed E-state index contributed by atoms with van der Waals surface area (Å²) >= 11 is 5.59. The number of allylic oxidation sites excluding steroid dienone is 1. The van der Waals surface area contributed by atoms with E-state index in [-0.39, 0.29) is 16.8 Å². The number of nitrogens with zero attached hydrogens (tertiary/aromatic N) is 1. The number of nitrogens with one attached hydrogen (secondary N) is 1. The fourth-order valence-electron chi connectivity index (χ4n) is 3.71. The normalized spacial score (nSPS) is 18.0. The van der Waals surface area contributed by atoms with Crippen molar-refractivity contribution >= 4 is 29.0 Å². The lowest BCUT2D eigenvalue weighted by Crippen LogP contribution is -2.48. The smallest absolute Gasteiger partial charge is 0.338 e. The Labute approximate surface area is 189 Å². The van der Waals surface area contributed by atoms with Crippen LogP contribution in [-0.4, -0.2) is 30.4 Å². The molecule has 2 heterocycles.